The fraction of sp³-hybridized carbons (Fsp3) is 0.273. The van der Waals surface area contributed by atoms with Crippen molar-refractivity contribution in [1.29, 1.82) is 0 Å². The van der Waals surface area contributed by atoms with Crippen molar-refractivity contribution in [3.63, 3.8) is 0 Å². The molecule has 0 saturated carbocycles. The first-order valence-electron chi connectivity index (χ1n) is 5.03. The topological polar surface area (TPSA) is 69.4 Å². The molecule has 0 radical (unpaired) electrons. The highest BCUT2D eigenvalue weighted by Crippen LogP contribution is 2.17. The van der Waals surface area contributed by atoms with Gasteiger partial charge in [-0.05, 0) is 24.1 Å². The Morgan fingerprint density at radius 1 is 1.21 bits per heavy atom. The molecule has 1 atom stereocenters. The van der Waals surface area contributed by atoms with Gasteiger partial charge in [-0.2, -0.15) is 13.2 Å². The number of halogens is 4. The zero-order valence-electron chi connectivity index (χ0n) is 9.41. The van der Waals surface area contributed by atoms with Crippen LogP contribution in [0.2, 0.25) is 0 Å². The summed E-state index contributed by atoms with van der Waals surface area (Å²) in [5, 5.41) is 0. The van der Waals surface area contributed by atoms with Crippen LogP contribution < -0.4 is 5.73 Å². The first kappa shape index (κ1) is 15.1. The molecule has 0 bridgehead atoms. The summed E-state index contributed by atoms with van der Waals surface area (Å²) in [5.74, 6) is -4.62. The van der Waals surface area contributed by atoms with Crippen LogP contribution in [-0.4, -0.2) is 24.2 Å². The van der Waals surface area contributed by atoms with Gasteiger partial charge in [0.2, 0.25) is 0 Å². The molecule has 8 heteroatoms. The van der Waals surface area contributed by atoms with E-state index in [0.29, 0.717) is 5.56 Å². The van der Waals surface area contributed by atoms with E-state index in [1.807, 2.05) is 0 Å². The minimum Gasteiger partial charge on any atom is -0.385 e. The van der Waals surface area contributed by atoms with E-state index in [9.17, 15) is 27.2 Å². The monoisotopic (exact) mass is 279 g/mol. The lowest BCUT2D eigenvalue weighted by Gasteiger charge is -2.11. The Labute approximate surface area is 105 Å². The number of hydrogen-bond donors (Lipinski definition) is 1. The summed E-state index contributed by atoms with van der Waals surface area (Å²) in [4.78, 5) is 21.5. The Morgan fingerprint density at radius 2 is 1.74 bits per heavy atom. The Morgan fingerprint density at radius 3 is 2.21 bits per heavy atom. The maximum atomic E-state index is 12.6. The second kappa shape index (κ2) is 5.79. The molecule has 1 aromatic carbocycles. The lowest BCUT2D eigenvalue weighted by molar-refractivity contribution is -0.202. The van der Waals surface area contributed by atoms with Gasteiger partial charge >= 0.3 is 18.1 Å². The van der Waals surface area contributed by atoms with Crippen molar-refractivity contribution in [3.8, 4) is 0 Å². The maximum absolute atomic E-state index is 12.6. The molecule has 0 spiro atoms. The van der Waals surface area contributed by atoms with Crippen LogP contribution in [0.5, 0.6) is 0 Å². The number of alkyl halides is 3. The number of esters is 2. The lowest BCUT2D eigenvalue weighted by Crippen LogP contribution is -2.38. The van der Waals surface area contributed by atoms with Crippen molar-refractivity contribution in [2.24, 2.45) is 5.73 Å². The SMILES string of the molecule is N[C@@H](Cc1ccc(F)cc1)C(=O)OC(=O)C(F)(F)F. The van der Waals surface area contributed by atoms with E-state index in [2.05, 4.69) is 4.74 Å². The fourth-order valence-electron chi connectivity index (χ4n) is 1.18. The smallest absolute Gasteiger partial charge is 0.385 e. The molecule has 104 valence electrons. The maximum Gasteiger partial charge on any atom is 0.491 e. The van der Waals surface area contributed by atoms with Gasteiger partial charge in [0.25, 0.3) is 0 Å². The van der Waals surface area contributed by atoms with Crippen LogP contribution in [0, 0.1) is 5.82 Å². The van der Waals surface area contributed by atoms with Crippen molar-refractivity contribution in [2.75, 3.05) is 0 Å². The predicted molar refractivity (Wildman–Crippen MR) is 55.2 cm³/mol. The molecule has 19 heavy (non-hydrogen) atoms. The van der Waals surface area contributed by atoms with Crippen LogP contribution in [-0.2, 0) is 20.7 Å². The molecule has 1 rings (SSSR count). The Hall–Kier alpha value is -1.96. The van der Waals surface area contributed by atoms with E-state index in [1.165, 1.54) is 12.1 Å². The van der Waals surface area contributed by atoms with Gasteiger partial charge in [0.05, 0.1) is 0 Å². The summed E-state index contributed by atoms with van der Waals surface area (Å²) in [6.45, 7) is 0. The Kier molecular flexibility index (Phi) is 4.60. The molecular weight excluding hydrogens is 270 g/mol. The first-order chi connectivity index (χ1) is 8.70. The number of carbonyl (C=O) groups is 2. The highest BCUT2D eigenvalue weighted by molar-refractivity contribution is 5.90. The summed E-state index contributed by atoms with van der Waals surface area (Å²) in [6.07, 6.45) is -5.44. The van der Waals surface area contributed by atoms with E-state index in [-0.39, 0.29) is 6.42 Å². The largest absolute Gasteiger partial charge is 0.491 e. The van der Waals surface area contributed by atoms with Crippen LogP contribution in [0.3, 0.4) is 0 Å². The second-order valence-corrected chi connectivity index (χ2v) is 3.64. The molecule has 1 aromatic rings. The number of hydrogen-bond acceptors (Lipinski definition) is 4. The lowest BCUT2D eigenvalue weighted by atomic mass is 10.1. The van der Waals surface area contributed by atoms with Crippen LogP contribution in [0.1, 0.15) is 5.56 Å². The van der Waals surface area contributed by atoms with E-state index in [4.69, 9.17) is 5.73 Å². The predicted octanol–water partition coefficient (Wildman–Crippen LogP) is 1.33. The molecule has 4 nitrogen and oxygen atoms in total. The quantitative estimate of drug-likeness (QED) is 0.515. The molecule has 0 unspecified atom stereocenters. The van der Waals surface area contributed by atoms with E-state index < -0.39 is 30.0 Å². The molecule has 0 aliphatic heterocycles. The highest BCUT2D eigenvalue weighted by Gasteiger charge is 2.43. The van der Waals surface area contributed by atoms with Crippen LogP contribution >= 0.6 is 0 Å². The standard InChI is InChI=1S/C11H9F4NO3/c12-7-3-1-6(2-4-7)5-8(16)9(17)19-10(18)11(13,14)15/h1-4,8H,5,16H2/t8-/m0/s1. The zero-order chi connectivity index (χ0) is 14.6. The number of carbonyl (C=O) groups excluding carboxylic acids is 2. The number of benzene rings is 1. The van der Waals surface area contributed by atoms with Gasteiger partial charge in [0, 0.05) is 0 Å². The van der Waals surface area contributed by atoms with Crippen molar-refractivity contribution in [1.82, 2.24) is 0 Å². The molecule has 0 aliphatic rings. The average molecular weight is 279 g/mol. The summed E-state index contributed by atoms with van der Waals surface area (Å²) in [5.41, 5.74) is 5.71. The van der Waals surface area contributed by atoms with Crippen molar-refractivity contribution < 1.29 is 31.9 Å². The first-order valence-corrected chi connectivity index (χ1v) is 5.03. The van der Waals surface area contributed by atoms with Gasteiger partial charge in [0.1, 0.15) is 11.9 Å². The second-order valence-electron chi connectivity index (χ2n) is 3.64. The molecule has 0 amide bonds. The van der Waals surface area contributed by atoms with Gasteiger partial charge in [-0.15, -0.1) is 0 Å². The molecular formula is C11H9F4NO3. The third-order valence-electron chi connectivity index (χ3n) is 2.10. The van der Waals surface area contributed by atoms with Gasteiger partial charge in [-0.3, -0.25) is 0 Å². The molecule has 0 aliphatic carbocycles. The molecule has 0 fully saturated rings. The minimum absolute atomic E-state index is 0.176. The normalized spacial score (nSPS) is 12.9. The zero-order valence-corrected chi connectivity index (χ0v) is 9.41. The fourth-order valence-corrected chi connectivity index (χ4v) is 1.18. The third-order valence-corrected chi connectivity index (χ3v) is 2.10. The van der Waals surface area contributed by atoms with Crippen LogP contribution in [0.25, 0.3) is 0 Å². The highest BCUT2D eigenvalue weighted by atomic mass is 19.4. The number of rotatable bonds is 3. The van der Waals surface area contributed by atoms with Crippen molar-refractivity contribution in [2.45, 2.75) is 18.6 Å². The summed E-state index contributed by atoms with van der Waals surface area (Å²) < 4.78 is 51.7. The summed E-state index contributed by atoms with van der Waals surface area (Å²) >= 11 is 0. The van der Waals surface area contributed by atoms with Gasteiger partial charge in [-0.25, -0.2) is 14.0 Å². The molecule has 0 aromatic heterocycles. The van der Waals surface area contributed by atoms with Crippen LogP contribution in [0.15, 0.2) is 24.3 Å². The average Bonchev–Trinajstić information content (AvgIpc) is 2.30. The molecule has 0 heterocycles. The van der Waals surface area contributed by atoms with E-state index in [0.717, 1.165) is 12.1 Å². The van der Waals surface area contributed by atoms with E-state index in [1.54, 1.807) is 0 Å². The Bertz CT molecular complexity index is 470. The number of ether oxygens (including phenoxy) is 1. The van der Waals surface area contributed by atoms with E-state index >= 15 is 0 Å². The summed E-state index contributed by atoms with van der Waals surface area (Å²) in [7, 11) is 0. The van der Waals surface area contributed by atoms with Gasteiger partial charge in [-0.1, -0.05) is 12.1 Å². The molecule has 2 N–H and O–H groups in total. The van der Waals surface area contributed by atoms with Crippen LogP contribution in [0.4, 0.5) is 17.6 Å². The van der Waals surface area contributed by atoms with Crippen molar-refractivity contribution >= 4 is 11.9 Å². The van der Waals surface area contributed by atoms with Gasteiger partial charge < -0.3 is 10.5 Å². The van der Waals surface area contributed by atoms with Crippen molar-refractivity contribution in [3.05, 3.63) is 35.6 Å². The Balaban J connectivity index is 2.58. The summed E-state index contributed by atoms with van der Waals surface area (Å²) in [6, 6.07) is 3.39. The molecule has 0 saturated heterocycles. The minimum atomic E-state index is -5.26. The number of nitrogens with two attached hydrogens (primary N) is 1. The van der Waals surface area contributed by atoms with Gasteiger partial charge in [0.15, 0.2) is 0 Å². The third kappa shape index (κ3) is 4.66.